The maximum atomic E-state index is 5.80. The topological polar surface area (TPSA) is 25.5 Å². The van der Waals surface area contributed by atoms with Crippen molar-refractivity contribution in [1.82, 2.24) is 0 Å². The zero-order valence-corrected chi connectivity index (χ0v) is 10.1. The predicted molar refractivity (Wildman–Crippen MR) is 71.7 cm³/mol. The van der Waals surface area contributed by atoms with Gasteiger partial charge in [0.25, 0.3) is 0 Å². The van der Waals surface area contributed by atoms with Crippen molar-refractivity contribution in [3.63, 3.8) is 0 Å². The Morgan fingerprint density at radius 2 is 1.50 bits per heavy atom. The molecule has 0 saturated carbocycles. The highest BCUT2D eigenvalue weighted by Gasteiger charge is 2.10. The van der Waals surface area contributed by atoms with E-state index in [0.717, 1.165) is 22.6 Å². The quantitative estimate of drug-likeness (QED) is 0.627. The van der Waals surface area contributed by atoms with E-state index in [1.165, 1.54) is 0 Å². The lowest BCUT2D eigenvalue weighted by atomic mass is 10.1. The second-order valence-corrected chi connectivity index (χ2v) is 4.17. The summed E-state index contributed by atoms with van der Waals surface area (Å²) in [5.41, 5.74) is 3.77. The SMILES string of the molecule is Cc1c2cccccc-2oc1=Nc1ccccc1. The summed E-state index contributed by atoms with van der Waals surface area (Å²) in [6.45, 7) is 2.04. The van der Waals surface area contributed by atoms with Gasteiger partial charge in [-0.25, -0.2) is 4.99 Å². The van der Waals surface area contributed by atoms with Gasteiger partial charge in [-0.15, -0.1) is 0 Å². The first-order chi connectivity index (χ1) is 8.84. The molecule has 0 radical (unpaired) electrons. The summed E-state index contributed by atoms with van der Waals surface area (Å²) in [7, 11) is 0. The smallest absolute Gasteiger partial charge is 0.223 e. The first-order valence-electron chi connectivity index (χ1n) is 5.93. The highest BCUT2D eigenvalue weighted by molar-refractivity contribution is 5.62. The minimum absolute atomic E-state index is 0.683. The van der Waals surface area contributed by atoms with Crippen LogP contribution in [-0.4, -0.2) is 0 Å². The Kier molecular flexibility index (Phi) is 2.69. The van der Waals surface area contributed by atoms with E-state index in [4.69, 9.17) is 4.42 Å². The molecule has 0 N–H and O–H groups in total. The van der Waals surface area contributed by atoms with Gasteiger partial charge in [-0.2, -0.15) is 0 Å². The number of nitrogens with zero attached hydrogens (tertiary/aromatic N) is 1. The molecule has 0 spiro atoms. The molecule has 0 aromatic heterocycles. The number of rotatable bonds is 1. The van der Waals surface area contributed by atoms with Gasteiger partial charge in [-0.1, -0.05) is 42.5 Å². The van der Waals surface area contributed by atoms with Crippen LogP contribution in [0.3, 0.4) is 0 Å². The molecule has 2 aliphatic rings. The summed E-state index contributed by atoms with van der Waals surface area (Å²) in [4.78, 5) is 4.53. The van der Waals surface area contributed by atoms with Crippen LogP contribution >= 0.6 is 0 Å². The zero-order valence-electron chi connectivity index (χ0n) is 10.1. The number of hydrogen-bond acceptors (Lipinski definition) is 2. The average Bonchev–Trinajstić information content (AvgIpc) is 2.58. The van der Waals surface area contributed by atoms with Crippen LogP contribution in [0.15, 0.2) is 70.1 Å². The fourth-order valence-electron chi connectivity index (χ4n) is 1.95. The Balaban J connectivity index is 2.23. The largest absolute Gasteiger partial charge is 0.438 e. The van der Waals surface area contributed by atoms with Crippen LogP contribution in [0, 0.1) is 6.92 Å². The van der Waals surface area contributed by atoms with E-state index >= 15 is 0 Å². The Labute approximate surface area is 106 Å². The van der Waals surface area contributed by atoms with Gasteiger partial charge in [0.1, 0.15) is 5.76 Å². The van der Waals surface area contributed by atoms with Crippen LogP contribution in [0.25, 0.3) is 11.3 Å². The molecule has 1 aromatic carbocycles. The minimum Gasteiger partial charge on any atom is -0.438 e. The highest BCUT2D eigenvalue weighted by atomic mass is 16.3. The molecule has 88 valence electrons. The molecule has 0 saturated heterocycles. The lowest BCUT2D eigenvalue weighted by molar-refractivity contribution is 0.527. The van der Waals surface area contributed by atoms with Crippen LogP contribution in [0.4, 0.5) is 5.69 Å². The maximum Gasteiger partial charge on any atom is 0.223 e. The molecule has 1 aliphatic carbocycles. The van der Waals surface area contributed by atoms with Gasteiger partial charge in [0.05, 0.1) is 5.69 Å². The van der Waals surface area contributed by atoms with Crippen LogP contribution in [0.2, 0.25) is 0 Å². The third-order valence-corrected chi connectivity index (χ3v) is 2.92. The normalized spacial score (nSPS) is 11.9. The van der Waals surface area contributed by atoms with Crippen LogP contribution < -0.4 is 5.55 Å². The Morgan fingerprint density at radius 1 is 0.833 bits per heavy atom. The predicted octanol–water partition coefficient (Wildman–Crippen LogP) is 3.93. The van der Waals surface area contributed by atoms with E-state index in [2.05, 4.69) is 11.1 Å². The summed E-state index contributed by atoms with van der Waals surface area (Å²) >= 11 is 0. The summed E-state index contributed by atoms with van der Waals surface area (Å²) in [6.07, 6.45) is 0. The summed E-state index contributed by atoms with van der Waals surface area (Å²) in [5, 5.41) is 0. The fourth-order valence-corrected chi connectivity index (χ4v) is 1.95. The fraction of sp³-hybridized carbons (Fsp3) is 0.0625. The lowest BCUT2D eigenvalue weighted by Crippen LogP contribution is -1.98. The van der Waals surface area contributed by atoms with Crippen molar-refractivity contribution in [3.05, 3.63) is 71.8 Å². The van der Waals surface area contributed by atoms with Crippen molar-refractivity contribution >= 4 is 5.69 Å². The van der Waals surface area contributed by atoms with Crippen LogP contribution in [0.5, 0.6) is 0 Å². The minimum atomic E-state index is 0.683. The van der Waals surface area contributed by atoms with Crippen molar-refractivity contribution in [2.24, 2.45) is 4.99 Å². The molecule has 18 heavy (non-hydrogen) atoms. The lowest BCUT2D eigenvalue weighted by Gasteiger charge is -1.89. The molecular formula is C16H13NO. The van der Waals surface area contributed by atoms with Crippen LogP contribution in [0.1, 0.15) is 5.56 Å². The Morgan fingerprint density at radius 3 is 2.28 bits per heavy atom. The van der Waals surface area contributed by atoms with E-state index in [0.29, 0.717) is 5.55 Å². The number of benzene rings is 1. The van der Waals surface area contributed by atoms with E-state index in [1.807, 2.05) is 61.5 Å². The monoisotopic (exact) mass is 235 g/mol. The second-order valence-electron chi connectivity index (χ2n) is 4.17. The van der Waals surface area contributed by atoms with E-state index < -0.39 is 0 Å². The number of para-hydroxylation sites is 1. The summed E-state index contributed by atoms with van der Waals surface area (Å²) < 4.78 is 5.80. The van der Waals surface area contributed by atoms with Gasteiger partial charge in [0.2, 0.25) is 5.55 Å². The third-order valence-electron chi connectivity index (χ3n) is 2.92. The van der Waals surface area contributed by atoms with Gasteiger partial charge in [0.15, 0.2) is 0 Å². The Hall–Kier alpha value is -2.35. The van der Waals surface area contributed by atoms with Gasteiger partial charge in [-0.05, 0) is 25.1 Å². The molecule has 3 rings (SSSR count). The van der Waals surface area contributed by atoms with Crippen molar-refractivity contribution in [1.29, 1.82) is 0 Å². The molecular weight excluding hydrogens is 222 g/mol. The molecule has 0 atom stereocenters. The Bertz CT molecular complexity index is 698. The zero-order chi connectivity index (χ0) is 12.4. The number of hydrogen-bond donors (Lipinski definition) is 0. The molecule has 1 heterocycles. The van der Waals surface area contributed by atoms with Crippen molar-refractivity contribution in [2.75, 3.05) is 0 Å². The number of fused-ring (bicyclic) bond motifs is 1. The molecule has 0 amide bonds. The molecule has 0 bridgehead atoms. The van der Waals surface area contributed by atoms with Gasteiger partial charge >= 0.3 is 0 Å². The molecule has 0 fully saturated rings. The van der Waals surface area contributed by atoms with E-state index in [1.54, 1.807) is 0 Å². The molecule has 0 unspecified atom stereocenters. The standard InChI is InChI=1S/C16H13NO/c1-12-14-10-6-3-7-11-15(14)18-16(12)17-13-8-4-2-5-9-13/h2-11H,1H3. The molecule has 2 heteroatoms. The first kappa shape index (κ1) is 10.8. The van der Waals surface area contributed by atoms with Gasteiger partial charge < -0.3 is 4.42 Å². The summed E-state index contributed by atoms with van der Waals surface area (Å²) in [6, 6.07) is 19.8. The van der Waals surface area contributed by atoms with Crippen molar-refractivity contribution in [2.45, 2.75) is 6.92 Å². The van der Waals surface area contributed by atoms with Crippen molar-refractivity contribution in [3.8, 4) is 11.3 Å². The van der Waals surface area contributed by atoms with Crippen LogP contribution in [-0.2, 0) is 0 Å². The maximum absolute atomic E-state index is 5.80. The number of furan rings is 1. The first-order valence-corrected chi connectivity index (χ1v) is 5.93. The second kappa shape index (κ2) is 4.49. The average molecular weight is 235 g/mol. The molecule has 1 aliphatic heterocycles. The summed E-state index contributed by atoms with van der Waals surface area (Å²) in [5.74, 6) is 0.868. The highest BCUT2D eigenvalue weighted by Crippen LogP contribution is 2.23. The van der Waals surface area contributed by atoms with Gasteiger partial charge in [-0.3, -0.25) is 0 Å². The molecule has 1 aromatic rings. The van der Waals surface area contributed by atoms with Gasteiger partial charge in [0, 0.05) is 11.1 Å². The van der Waals surface area contributed by atoms with Crippen molar-refractivity contribution < 1.29 is 4.42 Å². The van der Waals surface area contributed by atoms with E-state index in [-0.39, 0.29) is 0 Å². The molecule has 2 nitrogen and oxygen atoms in total. The third kappa shape index (κ3) is 1.93. The van der Waals surface area contributed by atoms with E-state index in [9.17, 15) is 0 Å².